The maximum absolute atomic E-state index is 12.9. The fourth-order valence-corrected chi connectivity index (χ4v) is 9.05. The Kier molecular flexibility index (Phi) is 10.8. The van der Waals surface area contributed by atoms with Crippen molar-refractivity contribution in [1.82, 2.24) is 0 Å². The Bertz CT molecular complexity index is 514. The molecule has 0 aromatic heterocycles. The zero-order valence-corrected chi connectivity index (χ0v) is 22.8. The van der Waals surface area contributed by atoms with Crippen LogP contribution in [0.1, 0.15) is 180 Å². The van der Waals surface area contributed by atoms with E-state index >= 15 is 0 Å². The SMILES string of the molecule is [N-]=[N+](C1(C2CCCCCCC2)CCCCCCC1)C1(C2CCCCCCC2)CCCCCCC1. The lowest BCUT2D eigenvalue weighted by Gasteiger charge is -2.52. The average molecular weight is 471 g/mol. The Hall–Kier alpha value is -0.400. The third-order valence-corrected chi connectivity index (χ3v) is 11.0. The van der Waals surface area contributed by atoms with Crippen molar-refractivity contribution in [3.63, 3.8) is 0 Å². The van der Waals surface area contributed by atoms with Gasteiger partial charge in [0.2, 0.25) is 0 Å². The fourth-order valence-electron chi connectivity index (χ4n) is 9.05. The summed E-state index contributed by atoms with van der Waals surface area (Å²) in [4.78, 5) is 0. The van der Waals surface area contributed by atoms with Crippen molar-refractivity contribution in [1.29, 1.82) is 0 Å². The molecule has 0 radical (unpaired) electrons. The molecule has 4 rings (SSSR count). The Labute approximate surface area is 212 Å². The lowest BCUT2D eigenvalue weighted by Crippen LogP contribution is -2.60. The lowest BCUT2D eigenvalue weighted by atomic mass is 9.64. The van der Waals surface area contributed by atoms with Crippen molar-refractivity contribution in [2.24, 2.45) is 11.8 Å². The van der Waals surface area contributed by atoms with E-state index in [-0.39, 0.29) is 11.1 Å². The quantitative estimate of drug-likeness (QED) is 0.288. The molecule has 0 amide bonds. The van der Waals surface area contributed by atoms with Crippen molar-refractivity contribution < 1.29 is 4.70 Å². The van der Waals surface area contributed by atoms with Gasteiger partial charge in [-0.05, 0) is 51.4 Å². The molecule has 0 N–H and O–H groups in total. The molecule has 34 heavy (non-hydrogen) atoms. The van der Waals surface area contributed by atoms with Gasteiger partial charge in [-0.25, -0.2) is 0 Å². The third kappa shape index (κ3) is 6.47. The molecule has 196 valence electrons. The highest BCUT2D eigenvalue weighted by molar-refractivity contribution is 4.96. The molecule has 0 unspecified atom stereocenters. The minimum absolute atomic E-state index is 0.0549. The molecule has 0 spiro atoms. The lowest BCUT2D eigenvalue weighted by molar-refractivity contribution is -0.715. The van der Waals surface area contributed by atoms with Crippen LogP contribution in [-0.2, 0) is 0 Å². The van der Waals surface area contributed by atoms with Crippen LogP contribution in [0.3, 0.4) is 0 Å². The van der Waals surface area contributed by atoms with E-state index in [0.29, 0.717) is 11.8 Å². The Balaban J connectivity index is 1.71. The Morgan fingerprint density at radius 2 is 0.588 bits per heavy atom. The average Bonchev–Trinajstić information content (AvgIpc) is 2.75. The van der Waals surface area contributed by atoms with Gasteiger partial charge < -0.3 is 10.2 Å². The Morgan fingerprint density at radius 1 is 0.353 bits per heavy atom. The van der Waals surface area contributed by atoms with Gasteiger partial charge in [-0.1, -0.05) is 103 Å². The topological polar surface area (TPSA) is 25.3 Å². The molecule has 0 heterocycles. The highest BCUT2D eigenvalue weighted by Gasteiger charge is 2.55. The van der Waals surface area contributed by atoms with E-state index in [1.807, 2.05) is 0 Å². The minimum Gasteiger partial charge on any atom is -0.506 e. The molecule has 0 aromatic rings. The Morgan fingerprint density at radius 3 is 0.882 bits per heavy atom. The standard InChI is InChI=1S/C32H58N2/c33-34(31(25-17-9-3-10-18-26-31)29-21-13-5-1-6-14-22-29)32(27-19-11-4-12-20-28-32)30-23-15-7-2-8-16-24-30/h29-30H,1-28H2. The van der Waals surface area contributed by atoms with Crippen LogP contribution in [0.15, 0.2) is 0 Å². The van der Waals surface area contributed by atoms with Crippen LogP contribution in [0.2, 0.25) is 0 Å². The van der Waals surface area contributed by atoms with Crippen LogP contribution in [0.4, 0.5) is 0 Å². The molecule has 0 atom stereocenters. The number of hydrogen-bond acceptors (Lipinski definition) is 0. The van der Waals surface area contributed by atoms with Gasteiger partial charge in [-0.2, -0.15) is 0 Å². The van der Waals surface area contributed by atoms with Crippen LogP contribution < -0.4 is 0 Å². The molecule has 4 aliphatic rings. The molecular formula is C32H58N2. The minimum atomic E-state index is 0.0549. The van der Waals surface area contributed by atoms with E-state index in [1.165, 1.54) is 180 Å². The first-order valence-electron chi connectivity index (χ1n) is 16.3. The predicted octanol–water partition coefficient (Wildman–Crippen LogP) is 10.7. The summed E-state index contributed by atoms with van der Waals surface area (Å²) in [5, 5.41) is 0. The smallest absolute Gasteiger partial charge is 0.154 e. The molecule has 4 saturated carbocycles. The fraction of sp³-hybridized carbons (Fsp3) is 1.00. The van der Waals surface area contributed by atoms with Crippen molar-refractivity contribution >= 4 is 0 Å². The molecule has 4 fully saturated rings. The van der Waals surface area contributed by atoms with E-state index in [0.717, 1.165) is 0 Å². The van der Waals surface area contributed by atoms with Gasteiger partial charge in [-0.15, -0.1) is 0 Å². The summed E-state index contributed by atoms with van der Waals surface area (Å²) >= 11 is 0. The first-order chi connectivity index (χ1) is 16.8. The summed E-state index contributed by atoms with van der Waals surface area (Å²) in [7, 11) is 0. The van der Waals surface area contributed by atoms with Gasteiger partial charge in [-0.3, -0.25) is 0 Å². The first-order valence-corrected chi connectivity index (χ1v) is 16.3. The molecular weight excluding hydrogens is 412 g/mol. The van der Waals surface area contributed by atoms with E-state index in [9.17, 15) is 5.53 Å². The van der Waals surface area contributed by atoms with Gasteiger partial charge in [0.15, 0.2) is 11.1 Å². The highest BCUT2D eigenvalue weighted by atomic mass is 15.3. The van der Waals surface area contributed by atoms with Crippen molar-refractivity contribution in [3.8, 4) is 0 Å². The maximum Gasteiger partial charge on any atom is 0.154 e. The van der Waals surface area contributed by atoms with Crippen LogP contribution in [0, 0.1) is 11.8 Å². The zero-order valence-electron chi connectivity index (χ0n) is 22.8. The van der Waals surface area contributed by atoms with E-state index in [2.05, 4.69) is 4.70 Å². The summed E-state index contributed by atoms with van der Waals surface area (Å²) in [6.07, 6.45) is 38.5. The summed E-state index contributed by atoms with van der Waals surface area (Å²) in [6, 6.07) is 0. The molecule has 0 aromatic carbocycles. The molecule has 0 bridgehead atoms. The third-order valence-electron chi connectivity index (χ3n) is 11.0. The normalized spacial score (nSPS) is 29.2. The molecule has 0 aliphatic heterocycles. The summed E-state index contributed by atoms with van der Waals surface area (Å²) < 4.78 is 2.26. The van der Waals surface area contributed by atoms with Crippen LogP contribution in [0.25, 0.3) is 5.53 Å². The van der Waals surface area contributed by atoms with Crippen LogP contribution >= 0.6 is 0 Å². The highest BCUT2D eigenvalue weighted by Crippen LogP contribution is 2.50. The van der Waals surface area contributed by atoms with E-state index < -0.39 is 0 Å². The summed E-state index contributed by atoms with van der Waals surface area (Å²) in [5.41, 5.74) is 13.0. The van der Waals surface area contributed by atoms with Gasteiger partial charge >= 0.3 is 0 Å². The predicted molar refractivity (Wildman–Crippen MR) is 145 cm³/mol. The summed E-state index contributed by atoms with van der Waals surface area (Å²) in [6.45, 7) is 0. The number of nitrogens with zero attached hydrogens (tertiary/aromatic N) is 2. The van der Waals surface area contributed by atoms with Crippen molar-refractivity contribution in [3.05, 3.63) is 5.53 Å². The van der Waals surface area contributed by atoms with E-state index in [4.69, 9.17) is 0 Å². The van der Waals surface area contributed by atoms with Crippen LogP contribution in [0.5, 0.6) is 0 Å². The summed E-state index contributed by atoms with van der Waals surface area (Å²) in [5.74, 6) is 1.43. The molecule has 2 nitrogen and oxygen atoms in total. The van der Waals surface area contributed by atoms with Gasteiger partial charge in [0, 0.05) is 37.5 Å². The second-order valence-corrected chi connectivity index (χ2v) is 13.1. The van der Waals surface area contributed by atoms with Gasteiger partial charge in [0.05, 0.1) is 0 Å². The monoisotopic (exact) mass is 470 g/mol. The maximum atomic E-state index is 12.9. The molecule has 4 aliphatic carbocycles. The van der Waals surface area contributed by atoms with Gasteiger partial charge in [0.1, 0.15) is 0 Å². The van der Waals surface area contributed by atoms with E-state index in [1.54, 1.807) is 0 Å². The second kappa shape index (κ2) is 13.8. The zero-order chi connectivity index (χ0) is 23.5. The van der Waals surface area contributed by atoms with Crippen molar-refractivity contribution in [2.45, 2.75) is 191 Å². The van der Waals surface area contributed by atoms with Crippen LogP contribution in [-0.4, -0.2) is 15.8 Å². The largest absolute Gasteiger partial charge is 0.506 e. The first kappa shape index (κ1) is 26.7. The second-order valence-electron chi connectivity index (χ2n) is 13.1. The number of hydrogen-bond donors (Lipinski definition) is 0. The molecule has 2 heteroatoms. The molecule has 0 saturated heterocycles. The van der Waals surface area contributed by atoms with Gasteiger partial charge in [0.25, 0.3) is 0 Å². The van der Waals surface area contributed by atoms with Crippen molar-refractivity contribution in [2.75, 3.05) is 0 Å². The number of rotatable bonds is 4.